The van der Waals surface area contributed by atoms with Crippen LogP contribution in [0.15, 0.2) is 22.7 Å². The first-order valence-corrected chi connectivity index (χ1v) is 8.57. The summed E-state index contributed by atoms with van der Waals surface area (Å²) in [5.74, 6) is 2.97. The Kier molecular flexibility index (Phi) is 4.76. The third-order valence-corrected chi connectivity index (χ3v) is 4.35. The number of imidazole rings is 1. The topological polar surface area (TPSA) is 63.3 Å². The molecule has 24 heavy (non-hydrogen) atoms. The highest BCUT2D eigenvalue weighted by Gasteiger charge is 2.27. The van der Waals surface area contributed by atoms with Gasteiger partial charge in [-0.25, -0.2) is 4.98 Å². The molecular weight excluding hydrogens is 304 g/mol. The highest BCUT2D eigenvalue weighted by molar-refractivity contribution is 5.78. The predicted octanol–water partition coefficient (Wildman–Crippen LogP) is 2.43. The highest BCUT2D eigenvalue weighted by Crippen LogP contribution is 2.26. The van der Waals surface area contributed by atoms with Crippen LogP contribution in [0.3, 0.4) is 0 Å². The Balaban J connectivity index is 1.68. The van der Waals surface area contributed by atoms with E-state index in [0.717, 1.165) is 42.7 Å². The smallest absolute Gasteiger partial charge is 0.226 e. The fraction of sp³-hybridized carbons (Fsp3) is 0.556. The van der Waals surface area contributed by atoms with Gasteiger partial charge in [-0.05, 0) is 39.8 Å². The average Bonchev–Trinajstić information content (AvgIpc) is 3.07. The zero-order valence-electron chi connectivity index (χ0n) is 14.9. The number of carbonyl (C=O) groups is 1. The fourth-order valence-electron chi connectivity index (χ4n) is 3.20. The van der Waals surface area contributed by atoms with Gasteiger partial charge in [0.1, 0.15) is 17.3 Å². The number of hydrogen-bond acceptors (Lipinski definition) is 4. The van der Waals surface area contributed by atoms with Crippen molar-refractivity contribution in [3.8, 4) is 0 Å². The van der Waals surface area contributed by atoms with Crippen molar-refractivity contribution in [1.29, 1.82) is 0 Å². The minimum absolute atomic E-state index is 0.0241. The van der Waals surface area contributed by atoms with E-state index in [0.29, 0.717) is 6.42 Å². The van der Waals surface area contributed by atoms with E-state index in [4.69, 9.17) is 9.40 Å². The number of aryl methyl sites for hydroxylation is 1. The number of furan rings is 1. The van der Waals surface area contributed by atoms with E-state index in [2.05, 4.69) is 21.7 Å². The van der Waals surface area contributed by atoms with Crippen LogP contribution in [-0.4, -0.2) is 32.9 Å². The van der Waals surface area contributed by atoms with E-state index < -0.39 is 0 Å². The van der Waals surface area contributed by atoms with Crippen molar-refractivity contribution < 1.29 is 9.21 Å². The molecule has 2 aromatic heterocycles. The van der Waals surface area contributed by atoms with Crippen molar-refractivity contribution in [2.75, 3.05) is 6.54 Å². The molecule has 6 nitrogen and oxygen atoms in total. The summed E-state index contributed by atoms with van der Waals surface area (Å²) in [6.07, 6.45) is 2.35. The number of amides is 1. The third kappa shape index (κ3) is 3.70. The third-order valence-electron chi connectivity index (χ3n) is 4.35. The van der Waals surface area contributed by atoms with Gasteiger partial charge in [-0.1, -0.05) is 0 Å². The van der Waals surface area contributed by atoms with E-state index in [-0.39, 0.29) is 18.0 Å². The SMILES string of the molecule is Cc1ccc(CN2CCn3cc(CC(=O)NC(C)C)nc3C2C)o1. The quantitative estimate of drug-likeness (QED) is 0.914. The highest BCUT2D eigenvalue weighted by atomic mass is 16.3. The molecule has 3 rings (SSSR count). The van der Waals surface area contributed by atoms with Crippen LogP contribution < -0.4 is 5.32 Å². The summed E-state index contributed by atoms with van der Waals surface area (Å²) in [4.78, 5) is 19.0. The number of nitrogens with zero attached hydrogens (tertiary/aromatic N) is 3. The Morgan fingerprint density at radius 2 is 2.21 bits per heavy atom. The van der Waals surface area contributed by atoms with Crippen molar-refractivity contribution in [2.24, 2.45) is 0 Å². The monoisotopic (exact) mass is 330 g/mol. The Morgan fingerprint density at radius 1 is 1.42 bits per heavy atom. The van der Waals surface area contributed by atoms with Crippen LogP contribution in [-0.2, 0) is 24.3 Å². The van der Waals surface area contributed by atoms with Crippen LogP contribution in [0.1, 0.15) is 49.9 Å². The summed E-state index contributed by atoms with van der Waals surface area (Å²) in [7, 11) is 0. The van der Waals surface area contributed by atoms with Gasteiger partial charge < -0.3 is 14.3 Å². The zero-order chi connectivity index (χ0) is 17.3. The van der Waals surface area contributed by atoms with E-state index in [1.807, 2.05) is 39.1 Å². The van der Waals surface area contributed by atoms with Gasteiger partial charge in [0, 0.05) is 25.3 Å². The molecule has 3 heterocycles. The van der Waals surface area contributed by atoms with Crippen LogP contribution in [0.2, 0.25) is 0 Å². The molecule has 1 N–H and O–H groups in total. The molecule has 1 unspecified atom stereocenters. The first kappa shape index (κ1) is 16.8. The number of nitrogens with one attached hydrogen (secondary N) is 1. The van der Waals surface area contributed by atoms with Crippen molar-refractivity contribution in [3.05, 3.63) is 41.4 Å². The van der Waals surface area contributed by atoms with Gasteiger partial charge in [-0.3, -0.25) is 9.69 Å². The summed E-state index contributed by atoms with van der Waals surface area (Å²) in [6, 6.07) is 4.38. The number of fused-ring (bicyclic) bond motifs is 1. The first-order chi connectivity index (χ1) is 11.4. The molecule has 1 aliphatic rings. The van der Waals surface area contributed by atoms with Crippen molar-refractivity contribution >= 4 is 5.91 Å². The predicted molar refractivity (Wildman–Crippen MR) is 91.5 cm³/mol. The maximum atomic E-state index is 11.9. The van der Waals surface area contributed by atoms with Crippen LogP contribution >= 0.6 is 0 Å². The minimum Gasteiger partial charge on any atom is -0.465 e. The lowest BCUT2D eigenvalue weighted by Gasteiger charge is -2.33. The largest absolute Gasteiger partial charge is 0.465 e. The second kappa shape index (κ2) is 6.81. The molecule has 0 saturated heterocycles. The Labute approximate surface area is 142 Å². The van der Waals surface area contributed by atoms with E-state index in [9.17, 15) is 4.79 Å². The fourth-order valence-corrected chi connectivity index (χ4v) is 3.20. The molecule has 1 atom stereocenters. The lowest BCUT2D eigenvalue weighted by molar-refractivity contribution is -0.120. The molecule has 0 fully saturated rings. The molecule has 0 aromatic carbocycles. The van der Waals surface area contributed by atoms with Gasteiger partial charge in [0.05, 0.1) is 24.7 Å². The molecule has 0 saturated carbocycles. The Bertz CT molecular complexity index is 716. The van der Waals surface area contributed by atoms with Crippen LogP contribution in [0, 0.1) is 6.92 Å². The van der Waals surface area contributed by atoms with Gasteiger partial charge in [0.2, 0.25) is 5.91 Å². The molecule has 1 aliphatic heterocycles. The number of aromatic nitrogens is 2. The minimum atomic E-state index is 0.0241. The summed E-state index contributed by atoms with van der Waals surface area (Å²) >= 11 is 0. The maximum absolute atomic E-state index is 11.9. The van der Waals surface area contributed by atoms with Crippen molar-refractivity contribution in [1.82, 2.24) is 19.8 Å². The van der Waals surface area contributed by atoms with Crippen LogP contribution in [0.5, 0.6) is 0 Å². The van der Waals surface area contributed by atoms with E-state index >= 15 is 0 Å². The van der Waals surface area contributed by atoms with Gasteiger partial charge in [-0.2, -0.15) is 0 Å². The molecule has 2 aromatic rings. The molecule has 6 heteroatoms. The molecule has 1 amide bonds. The van der Waals surface area contributed by atoms with Gasteiger partial charge >= 0.3 is 0 Å². The van der Waals surface area contributed by atoms with E-state index in [1.165, 1.54) is 0 Å². The van der Waals surface area contributed by atoms with Crippen molar-refractivity contribution in [2.45, 2.75) is 59.3 Å². The number of rotatable bonds is 5. The summed E-state index contributed by atoms with van der Waals surface area (Å²) in [5.41, 5.74) is 0.839. The summed E-state index contributed by atoms with van der Waals surface area (Å²) in [6.45, 7) is 10.7. The lowest BCUT2D eigenvalue weighted by atomic mass is 10.2. The molecule has 0 aliphatic carbocycles. The Morgan fingerprint density at radius 3 is 2.88 bits per heavy atom. The Hall–Kier alpha value is -2.08. The van der Waals surface area contributed by atoms with Crippen LogP contribution in [0.25, 0.3) is 0 Å². The number of carbonyl (C=O) groups excluding carboxylic acids is 1. The average molecular weight is 330 g/mol. The van der Waals surface area contributed by atoms with E-state index in [1.54, 1.807) is 0 Å². The molecule has 0 bridgehead atoms. The molecule has 0 spiro atoms. The maximum Gasteiger partial charge on any atom is 0.226 e. The molecule has 130 valence electrons. The first-order valence-electron chi connectivity index (χ1n) is 8.57. The second-order valence-corrected chi connectivity index (χ2v) is 6.84. The van der Waals surface area contributed by atoms with Crippen LogP contribution in [0.4, 0.5) is 0 Å². The normalized spacial score (nSPS) is 18.0. The number of hydrogen-bond donors (Lipinski definition) is 1. The zero-order valence-corrected chi connectivity index (χ0v) is 14.9. The summed E-state index contributed by atoms with van der Waals surface area (Å²) in [5, 5.41) is 2.92. The van der Waals surface area contributed by atoms with Gasteiger partial charge in [0.15, 0.2) is 0 Å². The van der Waals surface area contributed by atoms with Gasteiger partial charge in [0.25, 0.3) is 0 Å². The van der Waals surface area contributed by atoms with Crippen molar-refractivity contribution in [3.63, 3.8) is 0 Å². The second-order valence-electron chi connectivity index (χ2n) is 6.84. The molecule has 0 radical (unpaired) electrons. The summed E-state index contributed by atoms with van der Waals surface area (Å²) < 4.78 is 7.87. The molecular formula is C18H26N4O2. The lowest BCUT2D eigenvalue weighted by Crippen LogP contribution is -2.36. The standard InChI is InChI=1S/C18H26N4O2/c1-12(2)19-17(23)9-15-10-22-8-7-21(14(4)18(22)20-15)11-16-6-5-13(3)24-16/h5-6,10,12,14H,7-9,11H2,1-4H3,(H,19,23). The van der Waals surface area contributed by atoms with Gasteiger partial charge in [-0.15, -0.1) is 0 Å².